The largest absolute Gasteiger partial charge is 0.414 e. The molecule has 1 aliphatic heterocycles. The molecule has 0 fully saturated rings. The second-order valence-electron chi connectivity index (χ2n) is 8.96. The van der Waals surface area contributed by atoms with Crippen molar-refractivity contribution < 1.29 is 14.3 Å². The molecule has 1 N–H and O–H groups in total. The number of rotatable bonds is 4. The average Bonchev–Trinajstić information content (AvgIpc) is 2.41. The third-order valence-corrected chi connectivity index (χ3v) is 9.89. The minimum atomic E-state index is -1.74. The van der Waals surface area contributed by atoms with Crippen LogP contribution in [0.3, 0.4) is 0 Å². The number of ether oxygens (including phenoxy) is 1. The van der Waals surface area contributed by atoms with Gasteiger partial charge >= 0.3 is 0 Å². The van der Waals surface area contributed by atoms with Crippen LogP contribution < -0.4 is 0 Å². The standard InChI is InChI=1S/C18H34O3Si2/c1-18(2,3)23(7,8)21-14-16-10-9-15(13-20-16)17(19)11-12-22(4,5)6/h9-10,15-17,19H,13-14H2,1-8H3/t15-,16+,17+/m1/s1. The SMILES string of the molecule is CC(C)(C)[Si](C)(C)OC[C@@H]1C=C[C@@H]([C@@H](O)C#C[Si](C)(C)C)CO1. The van der Waals surface area contributed by atoms with Crippen molar-refractivity contribution in [3.05, 3.63) is 12.2 Å². The van der Waals surface area contributed by atoms with E-state index in [0.717, 1.165) is 0 Å². The summed E-state index contributed by atoms with van der Waals surface area (Å²) in [6.45, 7) is 18.8. The highest BCUT2D eigenvalue weighted by Crippen LogP contribution is 2.36. The first-order valence-corrected chi connectivity index (χ1v) is 14.9. The van der Waals surface area contributed by atoms with Gasteiger partial charge in [-0.15, -0.1) is 5.54 Å². The topological polar surface area (TPSA) is 38.7 Å². The second-order valence-corrected chi connectivity index (χ2v) is 18.5. The molecule has 0 unspecified atom stereocenters. The van der Waals surface area contributed by atoms with E-state index in [4.69, 9.17) is 9.16 Å². The Morgan fingerprint density at radius 2 is 1.83 bits per heavy atom. The Morgan fingerprint density at radius 3 is 2.26 bits per heavy atom. The van der Waals surface area contributed by atoms with Gasteiger partial charge in [-0.1, -0.05) is 58.5 Å². The van der Waals surface area contributed by atoms with Crippen molar-refractivity contribution >= 4 is 16.4 Å². The van der Waals surface area contributed by atoms with Crippen LogP contribution in [0.25, 0.3) is 0 Å². The van der Waals surface area contributed by atoms with Gasteiger partial charge in [0.2, 0.25) is 0 Å². The molecule has 3 atom stereocenters. The van der Waals surface area contributed by atoms with E-state index >= 15 is 0 Å². The Bertz CT molecular complexity index is 475. The van der Waals surface area contributed by atoms with Crippen LogP contribution in [-0.4, -0.2) is 46.9 Å². The molecule has 0 amide bonds. The predicted octanol–water partition coefficient (Wildman–Crippen LogP) is 3.82. The van der Waals surface area contributed by atoms with Crippen LogP contribution >= 0.6 is 0 Å². The van der Waals surface area contributed by atoms with Crippen molar-refractivity contribution in [2.24, 2.45) is 5.92 Å². The van der Waals surface area contributed by atoms with Crippen LogP contribution in [0.2, 0.25) is 37.8 Å². The van der Waals surface area contributed by atoms with Crippen LogP contribution in [-0.2, 0) is 9.16 Å². The minimum Gasteiger partial charge on any atom is -0.414 e. The lowest BCUT2D eigenvalue weighted by atomic mass is 10.0. The normalized spacial score (nSPS) is 24.0. The molecule has 0 saturated heterocycles. The molecule has 0 aliphatic carbocycles. The zero-order valence-electron chi connectivity index (χ0n) is 16.1. The summed E-state index contributed by atoms with van der Waals surface area (Å²) in [6.07, 6.45) is 3.39. The third kappa shape index (κ3) is 6.94. The van der Waals surface area contributed by atoms with Gasteiger partial charge in [-0.2, -0.15) is 0 Å². The highest BCUT2D eigenvalue weighted by Gasteiger charge is 2.37. The van der Waals surface area contributed by atoms with Crippen LogP contribution in [0, 0.1) is 17.4 Å². The second kappa shape index (κ2) is 7.67. The van der Waals surface area contributed by atoms with E-state index < -0.39 is 22.5 Å². The summed E-state index contributed by atoms with van der Waals surface area (Å²) in [6, 6.07) is 0. The lowest BCUT2D eigenvalue weighted by Gasteiger charge is -2.37. The first kappa shape index (κ1) is 20.7. The average molecular weight is 355 g/mol. The van der Waals surface area contributed by atoms with Gasteiger partial charge in [-0.25, -0.2) is 0 Å². The summed E-state index contributed by atoms with van der Waals surface area (Å²) in [5.41, 5.74) is 3.22. The van der Waals surface area contributed by atoms with Crippen molar-refractivity contribution in [3.63, 3.8) is 0 Å². The Labute approximate surface area is 144 Å². The fourth-order valence-corrected chi connectivity index (χ4v) is 3.41. The molecular weight excluding hydrogens is 320 g/mol. The third-order valence-electron chi connectivity index (χ3n) is 4.49. The molecule has 0 saturated carbocycles. The van der Waals surface area contributed by atoms with Gasteiger partial charge < -0.3 is 14.3 Å². The number of hydrogen-bond acceptors (Lipinski definition) is 3. The van der Waals surface area contributed by atoms with Crippen molar-refractivity contribution in [1.29, 1.82) is 0 Å². The van der Waals surface area contributed by atoms with E-state index in [1.54, 1.807) is 0 Å². The number of aliphatic hydroxyl groups excluding tert-OH is 1. The Balaban J connectivity index is 2.54. The predicted molar refractivity (Wildman–Crippen MR) is 103 cm³/mol. The molecule has 0 spiro atoms. The summed E-state index contributed by atoms with van der Waals surface area (Å²) >= 11 is 0. The molecule has 1 rings (SSSR count). The van der Waals surface area contributed by atoms with E-state index in [2.05, 4.69) is 65.0 Å². The summed E-state index contributed by atoms with van der Waals surface area (Å²) in [5, 5.41) is 10.4. The highest BCUT2D eigenvalue weighted by molar-refractivity contribution is 6.83. The van der Waals surface area contributed by atoms with E-state index in [9.17, 15) is 5.11 Å². The maximum Gasteiger partial charge on any atom is 0.192 e. The van der Waals surface area contributed by atoms with Gasteiger partial charge in [0, 0.05) is 5.92 Å². The summed E-state index contributed by atoms with van der Waals surface area (Å²) in [5.74, 6) is 2.96. The van der Waals surface area contributed by atoms with Crippen LogP contribution in [0.4, 0.5) is 0 Å². The fourth-order valence-electron chi connectivity index (χ4n) is 1.82. The Morgan fingerprint density at radius 1 is 1.22 bits per heavy atom. The highest BCUT2D eigenvalue weighted by atomic mass is 28.4. The van der Waals surface area contributed by atoms with Crippen LogP contribution in [0.5, 0.6) is 0 Å². The smallest absolute Gasteiger partial charge is 0.192 e. The van der Waals surface area contributed by atoms with Crippen LogP contribution in [0.15, 0.2) is 12.2 Å². The van der Waals surface area contributed by atoms with E-state index in [1.807, 2.05) is 12.2 Å². The van der Waals surface area contributed by atoms with Gasteiger partial charge in [0.05, 0.1) is 19.3 Å². The Hall–Kier alpha value is -0.386. The van der Waals surface area contributed by atoms with Gasteiger partial charge in [0.1, 0.15) is 14.2 Å². The minimum absolute atomic E-state index is 0.0162. The summed E-state index contributed by atoms with van der Waals surface area (Å²) in [7, 11) is -3.19. The molecule has 0 aromatic rings. The molecule has 132 valence electrons. The molecule has 0 bridgehead atoms. The quantitative estimate of drug-likeness (QED) is 0.474. The molecular formula is C18H34O3Si2. The van der Waals surface area contributed by atoms with E-state index in [-0.39, 0.29) is 17.1 Å². The monoisotopic (exact) mass is 354 g/mol. The van der Waals surface area contributed by atoms with Crippen molar-refractivity contribution in [1.82, 2.24) is 0 Å². The van der Waals surface area contributed by atoms with Crippen molar-refractivity contribution in [3.8, 4) is 11.5 Å². The molecule has 5 heteroatoms. The van der Waals surface area contributed by atoms with Gasteiger partial charge in [0.25, 0.3) is 0 Å². The number of aliphatic hydroxyl groups is 1. The molecule has 3 nitrogen and oxygen atoms in total. The molecule has 0 aromatic heterocycles. The lowest BCUT2D eigenvalue weighted by molar-refractivity contribution is 0.00325. The molecule has 0 radical (unpaired) electrons. The van der Waals surface area contributed by atoms with Gasteiger partial charge in [0.15, 0.2) is 8.32 Å². The zero-order valence-corrected chi connectivity index (χ0v) is 18.1. The molecule has 0 aromatic carbocycles. The first-order valence-electron chi connectivity index (χ1n) is 8.46. The fraction of sp³-hybridized carbons (Fsp3) is 0.778. The maximum absolute atomic E-state index is 10.2. The van der Waals surface area contributed by atoms with Crippen molar-refractivity contribution in [2.75, 3.05) is 13.2 Å². The zero-order chi connectivity index (χ0) is 17.9. The van der Waals surface area contributed by atoms with E-state index in [0.29, 0.717) is 13.2 Å². The van der Waals surface area contributed by atoms with Crippen molar-refractivity contribution in [2.45, 2.75) is 70.8 Å². The van der Waals surface area contributed by atoms with Gasteiger partial charge in [-0.3, -0.25) is 0 Å². The molecule has 1 heterocycles. The van der Waals surface area contributed by atoms with Crippen LogP contribution in [0.1, 0.15) is 20.8 Å². The molecule has 1 aliphatic rings. The summed E-state index contributed by atoms with van der Waals surface area (Å²) < 4.78 is 12.0. The summed E-state index contributed by atoms with van der Waals surface area (Å²) in [4.78, 5) is 0. The number of hydrogen-bond donors (Lipinski definition) is 1. The maximum atomic E-state index is 10.2. The first-order chi connectivity index (χ1) is 10.3. The van der Waals surface area contributed by atoms with Gasteiger partial charge in [-0.05, 0) is 18.1 Å². The molecule has 23 heavy (non-hydrogen) atoms. The Kier molecular flexibility index (Phi) is 6.89. The lowest BCUT2D eigenvalue weighted by Crippen LogP contribution is -2.43. The van der Waals surface area contributed by atoms with E-state index in [1.165, 1.54) is 0 Å².